The van der Waals surface area contributed by atoms with Crippen LogP contribution in [0.4, 0.5) is 0 Å². The topological polar surface area (TPSA) is 65.0 Å². The number of benzene rings is 1. The third kappa shape index (κ3) is 2.76. The first-order valence-corrected chi connectivity index (χ1v) is 6.25. The summed E-state index contributed by atoms with van der Waals surface area (Å²) in [7, 11) is 4.56. The molecular formula is C16H16O5. The third-order valence-corrected chi connectivity index (χ3v) is 3.08. The molecule has 2 rings (SSSR count). The average Bonchev–Trinajstić information content (AvgIpc) is 2.67. The van der Waals surface area contributed by atoms with Crippen LogP contribution in [0.5, 0.6) is 23.0 Å². The van der Waals surface area contributed by atoms with Gasteiger partial charge in [0.25, 0.3) is 0 Å². The molecule has 0 aliphatic heterocycles. The maximum Gasteiger partial charge on any atom is 0.220 e. The summed E-state index contributed by atoms with van der Waals surface area (Å²) in [6.45, 7) is 0. The van der Waals surface area contributed by atoms with Gasteiger partial charge < -0.3 is 19.3 Å². The van der Waals surface area contributed by atoms with E-state index in [9.17, 15) is 9.90 Å². The van der Waals surface area contributed by atoms with Crippen LogP contribution in [-0.2, 0) is 0 Å². The lowest BCUT2D eigenvalue weighted by atomic mass is 10.1. The van der Waals surface area contributed by atoms with E-state index in [1.807, 2.05) is 0 Å². The Morgan fingerprint density at radius 2 is 1.62 bits per heavy atom. The monoisotopic (exact) mass is 288 g/mol. The zero-order valence-corrected chi connectivity index (χ0v) is 12.0. The number of aromatic hydroxyl groups is 1. The Hall–Kier alpha value is -2.69. The van der Waals surface area contributed by atoms with E-state index >= 15 is 0 Å². The van der Waals surface area contributed by atoms with E-state index in [2.05, 4.69) is 0 Å². The molecule has 5 nitrogen and oxygen atoms in total. The average molecular weight is 288 g/mol. The van der Waals surface area contributed by atoms with Crippen molar-refractivity contribution in [3.05, 3.63) is 46.6 Å². The zero-order valence-electron chi connectivity index (χ0n) is 12.0. The van der Waals surface area contributed by atoms with Crippen LogP contribution in [0.1, 0.15) is 0 Å². The highest BCUT2D eigenvalue weighted by Gasteiger charge is 2.17. The van der Waals surface area contributed by atoms with Crippen LogP contribution < -0.4 is 19.6 Å². The second-order valence-electron chi connectivity index (χ2n) is 4.26. The van der Waals surface area contributed by atoms with Gasteiger partial charge in [0, 0.05) is 5.56 Å². The fourth-order valence-corrected chi connectivity index (χ4v) is 2.08. The molecule has 1 N–H and O–H groups in total. The summed E-state index contributed by atoms with van der Waals surface area (Å²) in [6.07, 6.45) is 0. The van der Waals surface area contributed by atoms with Gasteiger partial charge in [-0.05, 0) is 29.8 Å². The molecule has 0 radical (unpaired) electrons. The smallest absolute Gasteiger partial charge is 0.220 e. The normalized spacial score (nSPS) is 10.0. The molecule has 5 heteroatoms. The Balaban J connectivity index is 2.73. The molecule has 2 aromatic carbocycles. The molecule has 0 amide bonds. The molecule has 0 spiro atoms. The van der Waals surface area contributed by atoms with Gasteiger partial charge >= 0.3 is 0 Å². The summed E-state index contributed by atoms with van der Waals surface area (Å²) in [5.41, 5.74) is 0.813. The first-order chi connectivity index (χ1) is 10.1. The maximum absolute atomic E-state index is 11.7. The summed E-state index contributed by atoms with van der Waals surface area (Å²) in [4.78, 5) is 11.7. The summed E-state index contributed by atoms with van der Waals surface area (Å²) < 4.78 is 15.9. The fraction of sp³-hybridized carbons (Fsp3) is 0.188. The van der Waals surface area contributed by atoms with Gasteiger partial charge in [0.1, 0.15) is 0 Å². The lowest BCUT2D eigenvalue weighted by Gasteiger charge is -2.15. The van der Waals surface area contributed by atoms with Gasteiger partial charge in [0.2, 0.25) is 11.2 Å². The Bertz CT molecular complexity index is 709. The molecule has 0 unspecified atom stereocenters. The fourth-order valence-electron chi connectivity index (χ4n) is 2.08. The van der Waals surface area contributed by atoms with Crippen molar-refractivity contribution in [2.75, 3.05) is 21.3 Å². The van der Waals surface area contributed by atoms with Crippen LogP contribution in [0.15, 0.2) is 41.2 Å². The molecular weight excluding hydrogens is 272 g/mol. The second kappa shape index (κ2) is 6.17. The Morgan fingerprint density at radius 1 is 0.905 bits per heavy atom. The third-order valence-electron chi connectivity index (χ3n) is 3.08. The van der Waals surface area contributed by atoms with E-state index in [-0.39, 0.29) is 5.75 Å². The molecule has 0 aliphatic rings. The zero-order chi connectivity index (χ0) is 15.4. The molecule has 0 saturated heterocycles. The number of hydrogen-bond donors (Lipinski definition) is 1. The highest BCUT2D eigenvalue weighted by molar-refractivity contribution is 5.76. The van der Waals surface area contributed by atoms with Crippen LogP contribution in [0, 0.1) is 0 Å². The van der Waals surface area contributed by atoms with Crippen LogP contribution in [0.25, 0.3) is 11.1 Å². The predicted octanol–water partition coefficient (Wildman–Crippen LogP) is 2.45. The van der Waals surface area contributed by atoms with Crippen molar-refractivity contribution in [2.24, 2.45) is 0 Å². The molecule has 0 aromatic heterocycles. The summed E-state index contributed by atoms with van der Waals surface area (Å²) in [6, 6.07) is 9.51. The lowest BCUT2D eigenvalue weighted by Crippen LogP contribution is -1.98. The Morgan fingerprint density at radius 3 is 2.24 bits per heavy atom. The van der Waals surface area contributed by atoms with Crippen LogP contribution in [-0.4, -0.2) is 26.4 Å². The van der Waals surface area contributed by atoms with E-state index in [1.54, 1.807) is 24.3 Å². The van der Waals surface area contributed by atoms with E-state index in [0.29, 0.717) is 28.4 Å². The second-order valence-corrected chi connectivity index (χ2v) is 4.26. The van der Waals surface area contributed by atoms with Gasteiger partial charge in [-0.3, -0.25) is 4.79 Å². The largest absolute Gasteiger partial charge is 0.504 e. The number of ether oxygens (including phenoxy) is 3. The van der Waals surface area contributed by atoms with Crippen LogP contribution in [0.3, 0.4) is 0 Å². The molecule has 2 aromatic rings. The Kier molecular flexibility index (Phi) is 4.33. The summed E-state index contributed by atoms with van der Waals surface area (Å²) in [5, 5.41) is 9.47. The van der Waals surface area contributed by atoms with Gasteiger partial charge in [0.15, 0.2) is 17.2 Å². The molecule has 21 heavy (non-hydrogen) atoms. The highest BCUT2D eigenvalue weighted by atomic mass is 16.5. The van der Waals surface area contributed by atoms with Crippen molar-refractivity contribution in [3.63, 3.8) is 0 Å². The van der Waals surface area contributed by atoms with Gasteiger partial charge in [-0.1, -0.05) is 12.1 Å². The van der Waals surface area contributed by atoms with Gasteiger partial charge in [0.05, 0.1) is 21.3 Å². The molecule has 110 valence electrons. The van der Waals surface area contributed by atoms with Crippen LogP contribution in [0.2, 0.25) is 0 Å². The van der Waals surface area contributed by atoms with Crippen molar-refractivity contribution in [1.29, 1.82) is 0 Å². The number of hydrogen-bond acceptors (Lipinski definition) is 5. The molecule has 0 aliphatic carbocycles. The molecule has 0 heterocycles. The lowest BCUT2D eigenvalue weighted by molar-refractivity contribution is 0.325. The van der Waals surface area contributed by atoms with Gasteiger partial charge in [-0.15, -0.1) is 0 Å². The predicted molar refractivity (Wildman–Crippen MR) is 79.5 cm³/mol. The van der Waals surface area contributed by atoms with Gasteiger partial charge in [-0.2, -0.15) is 0 Å². The minimum atomic E-state index is -0.466. The van der Waals surface area contributed by atoms with E-state index < -0.39 is 5.43 Å². The molecule has 0 saturated carbocycles. The molecule has 0 bridgehead atoms. The van der Waals surface area contributed by atoms with E-state index in [0.717, 1.165) is 0 Å². The first kappa shape index (κ1) is 14.7. The highest BCUT2D eigenvalue weighted by Crippen LogP contribution is 2.43. The maximum atomic E-state index is 11.7. The standard InChI is InChI=1S/C16H16O5/c1-19-14-8-7-11(15(20-2)16(14)21-3)10-5-4-6-12(17)13(18)9-10/h4-9H,1-3H3,(H,17,18). The number of methoxy groups -OCH3 is 3. The van der Waals surface area contributed by atoms with Crippen molar-refractivity contribution >= 4 is 0 Å². The quantitative estimate of drug-likeness (QED) is 0.936. The van der Waals surface area contributed by atoms with E-state index in [4.69, 9.17) is 14.2 Å². The summed E-state index contributed by atoms with van der Waals surface area (Å²) >= 11 is 0. The van der Waals surface area contributed by atoms with E-state index in [1.165, 1.54) is 33.5 Å². The van der Waals surface area contributed by atoms with Crippen molar-refractivity contribution < 1.29 is 19.3 Å². The SMILES string of the molecule is COc1ccc(-c2cccc(O)c(=O)c2)c(OC)c1OC. The van der Waals surface area contributed by atoms with Crippen molar-refractivity contribution in [3.8, 4) is 34.1 Å². The summed E-state index contributed by atoms with van der Waals surface area (Å²) in [5.74, 6) is 1.13. The van der Waals surface area contributed by atoms with Gasteiger partial charge in [-0.25, -0.2) is 0 Å². The van der Waals surface area contributed by atoms with Crippen molar-refractivity contribution in [1.82, 2.24) is 0 Å². The minimum Gasteiger partial charge on any atom is -0.504 e. The van der Waals surface area contributed by atoms with Crippen molar-refractivity contribution in [2.45, 2.75) is 0 Å². The first-order valence-electron chi connectivity index (χ1n) is 6.25. The molecule has 0 atom stereocenters. The molecule has 0 fully saturated rings. The number of rotatable bonds is 4. The minimum absolute atomic E-state index is 0.305. The van der Waals surface area contributed by atoms with Crippen LogP contribution >= 0.6 is 0 Å². The Labute approximate surface area is 122 Å².